The van der Waals surface area contributed by atoms with Crippen molar-refractivity contribution in [1.82, 2.24) is 0 Å². The van der Waals surface area contributed by atoms with E-state index in [-0.39, 0.29) is 14.9 Å². The summed E-state index contributed by atoms with van der Waals surface area (Å²) in [7, 11) is 0. The van der Waals surface area contributed by atoms with Crippen LogP contribution in [0.15, 0.2) is 48.6 Å². The molecule has 102 valence electrons. The van der Waals surface area contributed by atoms with Gasteiger partial charge in [0.2, 0.25) is 0 Å². The molecule has 0 bridgehead atoms. The maximum atomic E-state index is 2.12. The Morgan fingerprint density at radius 3 is 1.22 bits per heavy atom. The van der Waals surface area contributed by atoms with Crippen LogP contribution in [0.5, 0.6) is 0 Å². The predicted molar refractivity (Wildman–Crippen MR) is 89.1 cm³/mol. The number of rotatable bonds is 1. The van der Waals surface area contributed by atoms with Crippen molar-refractivity contribution >= 4 is 12.2 Å². The lowest BCUT2D eigenvalue weighted by Crippen LogP contribution is -2.22. The average molecular weight is 246 g/mol. The third-order valence-electron chi connectivity index (χ3n) is 2.11. The van der Waals surface area contributed by atoms with Crippen molar-refractivity contribution in [1.29, 1.82) is 0 Å². The number of allylic oxidation sites excluding steroid dienone is 4. The minimum atomic E-state index is 0. The van der Waals surface area contributed by atoms with Gasteiger partial charge < -0.3 is 0 Å². The molecule has 0 unspecified atom stereocenters. The van der Waals surface area contributed by atoms with Gasteiger partial charge in [-0.15, -0.1) is 0 Å². The normalized spacial score (nSPS) is 11.8. The van der Waals surface area contributed by atoms with Crippen molar-refractivity contribution in [2.24, 2.45) is 0 Å². The summed E-state index contributed by atoms with van der Waals surface area (Å²) in [6.45, 7) is 8.12. The summed E-state index contributed by atoms with van der Waals surface area (Å²) in [5.74, 6) is 0. The molecule has 0 radical (unpaired) electrons. The monoisotopic (exact) mass is 246 g/mol. The molecule has 0 aliphatic rings. The Morgan fingerprint density at radius 1 is 0.667 bits per heavy atom. The molecular formula is C18H30. The molecule has 0 spiro atoms. The van der Waals surface area contributed by atoms with Crippen molar-refractivity contribution < 1.29 is 0 Å². The molecule has 1 aromatic carbocycles. The quantitative estimate of drug-likeness (QED) is 0.630. The van der Waals surface area contributed by atoms with Crippen molar-refractivity contribution in [3.63, 3.8) is 0 Å². The smallest absolute Gasteiger partial charge is 0.0230 e. The maximum absolute atomic E-state index is 2.12. The molecule has 0 fully saturated rings. The van der Waals surface area contributed by atoms with Crippen LogP contribution < -0.4 is 10.4 Å². The largest absolute Gasteiger partial charge is 0.0877 e. The van der Waals surface area contributed by atoms with Gasteiger partial charge in [0, 0.05) is 0 Å². The van der Waals surface area contributed by atoms with Crippen molar-refractivity contribution in [3.8, 4) is 0 Å². The molecule has 0 heteroatoms. The van der Waals surface area contributed by atoms with Crippen LogP contribution in [0.2, 0.25) is 0 Å². The number of hydrogen-bond acceptors (Lipinski definition) is 0. The fourth-order valence-corrected chi connectivity index (χ4v) is 1.26. The van der Waals surface area contributed by atoms with E-state index in [0.717, 1.165) is 0 Å². The summed E-state index contributed by atoms with van der Waals surface area (Å²) in [6, 6.07) is 8.36. The van der Waals surface area contributed by atoms with Crippen LogP contribution in [0.4, 0.5) is 0 Å². The third-order valence-corrected chi connectivity index (χ3v) is 2.11. The molecule has 0 saturated heterocycles. The molecule has 0 saturated carbocycles. The first kappa shape index (κ1) is 21.7. The second kappa shape index (κ2) is 15.4. The van der Waals surface area contributed by atoms with E-state index >= 15 is 0 Å². The summed E-state index contributed by atoms with van der Waals surface area (Å²) in [5.41, 5.74) is 0. The van der Waals surface area contributed by atoms with E-state index in [2.05, 4.69) is 50.3 Å². The van der Waals surface area contributed by atoms with Gasteiger partial charge in [0.05, 0.1) is 0 Å². The molecule has 1 aromatic rings. The van der Waals surface area contributed by atoms with Crippen LogP contribution in [0, 0.1) is 0 Å². The van der Waals surface area contributed by atoms with Gasteiger partial charge in [-0.3, -0.25) is 0 Å². The Labute approximate surface area is 114 Å². The summed E-state index contributed by atoms with van der Waals surface area (Å²) in [6.07, 6.45) is 12.2. The van der Waals surface area contributed by atoms with Crippen LogP contribution in [0.25, 0.3) is 12.2 Å². The minimum absolute atomic E-state index is 0. The zero-order valence-electron chi connectivity index (χ0n) is 10.8. The highest BCUT2D eigenvalue weighted by Crippen LogP contribution is 1.71. The van der Waals surface area contributed by atoms with Gasteiger partial charge in [0.1, 0.15) is 0 Å². The highest BCUT2D eigenvalue weighted by Gasteiger charge is 1.77. The zero-order valence-corrected chi connectivity index (χ0v) is 10.8. The summed E-state index contributed by atoms with van der Waals surface area (Å²) >= 11 is 0. The lowest BCUT2D eigenvalue weighted by atomic mass is 10.2. The molecule has 0 nitrogen and oxygen atoms in total. The fraction of sp³-hybridized carbons (Fsp3) is 0.333. The molecule has 0 aliphatic heterocycles. The Kier molecular flexibility index (Phi) is 18.6. The summed E-state index contributed by atoms with van der Waals surface area (Å²) in [5, 5.41) is 2.62. The molecular weight excluding hydrogens is 216 g/mol. The Hall–Kier alpha value is -1.56. The van der Waals surface area contributed by atoms with Gasteiger partial charge in [-0.1, -0.05) is 75.6 Å². The second-order valence-corrected chi connectivity index (χ2v) is 3.26. The first-order chi connectivity index (χ1) is 7.79. The molecule has 18 heavy (non-hydrogen) atoms. The van der Waals surface area contributed by atoms with Gasteiger partial charge >= 0.3 is 0 Å². The highest BCUT2D eigenvalue weighted by molar-refractivity contribution is 5.28. The first-order valence-corrected chi connectivity index (χ1v) is 5.71. The van der Waals surface area contributed by atoms with Crippen LogP contribution in [0.3, 0.4) is 0 Å². The first-order valence-electron chi connectivity index (χ1n) is 5.71. The molecule has 0 heterocycles. The van der Waals surface area contributed by atoms with Crippen molar-refractivity contribution in [2.45, 2.75) is 42.5 Å². The van der Waals surface area contributed by atoms with Gasteiger partial charge in [-0.25, -0.2) is 0 Å². The van der Waals surface area contributed by atoms with Crippen LogP contribution >= 0.6 is 0 Å². The van der Waals surface area contributed by atoms with Crippen LogP contribution in [-0.4, -0.2) is 0 Å². The molecule has 0 N–H and O–H groups in total. The fourth-order valence-electron chi connectivity index (χ4n) is 1.26. The highest BCUT2D eigenvalue weighted by atomic mass is 13.8. The number of benzene rings is 1. The van der Waals surface area contributed by atoms with E-state index < -0.39 is 0 Å². The molecule has 0 aliphatic carbocycles. The molecule has 0 aromatic heterocycles. The average Bonchev–Trinajstić information content (AvgIpc) is 2.36. The Balaban J connectivity index is -0.000000250. The van der Waals surface area contributed by atoms with E-state index in [1.807, 2.05) is 38.2 Å². The van der Waals surface area contributed by atoms with Gasteiger partial charge in [0.25, 0.3) is 0 Å². The predicted octanol–water partition coefficient (Wildman–Crippen LogP) is 4.70. The summed E-state index contributed by atoms with van der Waals surface area (Å²) in [4.78, 5) is 0. The lowest BCUT2D eigenvalue weighted by molar-refractivity contribution is 1.50. The third kappa shape index (κ3) is 9.65. The van der Waals surface area contributed by atoms with E-state index in [1.165, 1.54) is 10.4 Å². The molecule has 1 rings (SSSR count). The van der Waals surface area contributed by atoms with E-state index in [9.17, 15) is 0 Å². The van der Waals surface area contributed by atoms with Gasteiger partial charge in [-0.05, 0) is 38.1 Å². The van der Waals surface area contributed by atoms with E-state index in [1.54, 1.807) is 0 Å². The van der Waals surface area contributed by atoms with Gasteiger partial charge in [-0.2, -0.15) is 0 Å². The topological polar surface area (TPSA) is 0 Å². The minimum Gasteiger partial charge on any atom is -0.0877 e. The SMILES string of the molecule is C.C.C/C=C\C=C/C.C/C=c1/cccc/c1=C/C. The zero-order chi connectivity index (χ0) is 12.2. The second-order valence-electron chi connectivity index (χ2n) is 3.26. The standard InChI is InChI=1S/C10H12.C6H10.2CH4/c1-3-9-7-5-6-8-10(9)4-2;1-3-5-6-4-2;;/h3-8H,1-2H3;3-6H,1-2H3;2*1H4/b9-3-,10-4-;5-3-,6-4-;;. The van der Waals surface area contributed by atoms with Crippen LogP contribution in [0.1, 0.15) is 42.5 Å². The van der Waals surface area contributed by atoms with Crippen LogP contribution in [-0.2, 0) is 0 Å². The van der Waals surface area contributed by atoms with Crippen molar-refractivity contribution in [3.05, 3.63) is 59.0 Å². The van der Waals surface area contributed by atoms with Gasteiger partial charge in [0.15, 0.2) is 0 Å². The van der Waals surface area contributed by atoms with E-state index in [4.69, 9.17) is 0 Å². The number of hydrogen-bond donors (Lipinski definition) is 0. The summed E-state index contributed by atoms with van der Waals surface area (Å²) < 4.78 is 0. The Morgan fingerprint density at radius 2 is 1.00 bits per heavy atom. The molecule has 0 amide bonds. The Bertz CT molecular complexity index is 390. The lowest BCUT2D eigenvalue weighted by Gasteiger charge is -1.85. The maximum Gasteiger partial charge on any atom is -0.0230 e. The molecule has 0 atom stereocenters. The van der Waals surface area contributed by atoms with Crippen molar-refractivity contribution in [2.75, 3.05) is 0 Å². The van der Waals surface area contributed by atoms with E-state index in [0.29, 0.717) is 0 Å².